The third-order valence-corrected chi connectivity index (χ3v) is 11.0. The lowest BCUT2D eigenvalue weighted by Crippen LogP contribution is -2.10. The molecule has 8 aromatic carbocycles. The molecule has 0 unspecified atom stereocenters. The zero-order valence-electron chi connectivity index (χ0n) is 29.4. The molecule has 0 atom stereocenters. The molecule has 3 nitrogen and oxygen atoms in total. The number of rotatable bonds is 6. The predicted molar refractivity (Wildman–Crippen MR) is 226 cm³/mol. The number of aromatic nitrogens is 2. The van der Waals surface area contributed by atoms with E-state index in [1.807, 2.05) is 18.5 Å². The summed E-state index contributed by atoms with van der Waals surface area (Å²) in [5.41, 5.74) is 16.7. The van der Waals surface area contributed by atoms with Crippen LogP contribution in [0.4, 0.5) is 17.1 Å². The fourth-order valence-electron chi connectivity index (χ4n) is 8.64. The van der Waals surface area contributed by atoms with Gasteiger partial charge in [0.2, 0.25) is 0 Å². The number of benzene rings is 8. The molecular weight excluding hydrogens is 655 g/mol. The monoisotopic (exact) mass is 687 g/mol. The summed E-state index contributed by atoms with van der Waals surface area (Å²) in [7, 11) is 0. The Morgan fingerprint density at radius 2 is 0.981 bits per heavy atom. The topological polar surface area (TPSA) is 21.1 Å². The van der Waals surface area contributed by atoms with E-state index in [2.05, 4.69) is 196 Å². The van der Waals surface area contributed by atoms with Gasteiger partial charge in [0.1, 0.15) is 0 Å². The minimum absolute atomic E-state index is 1.00. The quantitative estimate of drug-likeness (QED) is 0.173. The van der Waals surface area contributed by atoms with E-state index in [1.165, 1.54) is 71.5 Å². The second-order valence-corrected chi connectivity index (χ2v) is 14.0. The van der Waals surface area contributed by atoms with Gasteiger partial charge < -0.3 is 9.47 Å². The van der Waals surface area contributed by atoms with E-state index in [0.29, 0.717) is 0 Å². The van der Waals surface area contributed by atoms with Crippen LogP contribution in [0.25, 0.3) is 82.8 Å². The van der Waals surface area contributed by atoms with E-state index in [1.54, 1.807) is 0 Å². The van der Waals surface area contributed by atoms with E-state index in [9.17, 15) is 0 Å². The second-order valence-electron chi connectivity index (χ2n) is 14.0. The van der Waals surface area contributed by atoms with E-state index in [4.69, 9.17) is 0 Å². The molecule has 0 radical (unpaired) electrons. The Morgan fingerprint density at radius 1 is 0.370 bits per heavy atom. The van der Waals surface area contributed by atoms with Crippen molar-refractivity contribution in [1.82, 2.24) is 9.55 Å². The number of hydrogen-bond acceptors (Lipinski definition) is 2. The van der Waals surface area contributed by atoms with Crippen LogP contribution in [-0.2, 0) is 0 Å². The molecule has 0 fully saturated rings. The van der Waals surface area contributed by atoms with Crippen LogP contribution in [0, 0.1) is 0 Å². The van der Waals surface area contributed by atoms with Crippen molar-refractivity contribution in [3.8, 4) is 50.2 Å². The lowest BCUT2D eigenvalue weighted by atomic mass is 9.94. The van der Waals surface area contributed by atoms with Crippen molar-refractivity contribution in [3.05, 3.63) is 200 Å². The summed E-state index contributed by atoms with van der Waals surface area (Å²) >= 11 is 0. The maximum Gasteiger partial charge on any atom is 0.0644 e. The number of pyridine rings is 1. The highest BCUT2D eigenvalue weighted by molar-refractivity contribution is 6.18. The highest BCUT2D eigenvalue weighted by Gasteiger charge is 2.23. The maximum atomic E-state index is 4.55. The van der Waals surface area contributed by atoms with Crippen LogP contribution >= 0.6 is 0 Å². The molecule has 0 amide bonds. The Morgan fingerprint density at radius 3 is 1.80 bits per heavy atom. The van der Waals surface area contributed by atoms with Gasteiger partial charge in [0.25, 0.3) is 0 Å². The fourth-order valence-corrected chi connectivity index (χ4v) is 8.64. The number of para-hydroxylation sites is 2. The van der Waals surface area contributed by atoms with Crippen molar-refractivity contribution >= 4 is 49.6 Å². The third-order valence-electron chi connectivity index (χ3n) is 11.0. The summed E-state index contributed by atoms with van der Waals surface area (Å²) in [6, 6.07) is 68.2. The first kappa shape index (κ1) is 30.4. The lowest BCUT2D eigenvalue weighted by Gasteiger charge is -2.26. The van der Waals surface area contributed by atoms with Gasteiger partial charge in [0, 0.05) is 34.0 Å². The van der Waals surface area contributed by atoms with Crippen molar-refractivity contribution in [1.29, 1.82) is 0 Å². The minimum Gasteiger partial charge on any atom is -0.309 e. The Kier molecular flexibility index (Phi) is 6.86. The van der Waals surface area contributed by atoms with E-state index in [-0.39, 0.29) is 0 Å². The zero-order chi connectivity index (χ0) is 35.6. The molecule has 0 saturated heterocycles. The molecule has 0 N–H and O–H groups in total. The summed E-state index contributed by atoms with van der Waals surface area (Å²) < 4.78 is 2.36. The molecule has 54 heavy (non-hydrogen) atoms. The first-order valence-corrected chi connectivity index (χ1v) is 18.5. The summed E-state index contributed by atoms with van der Waals surface area (Å²) in [5.74, 6) is 0. The van der Waals surface area contributed by atoms with Crippen molar-refractivity contribution < 1.29 is 0 Å². The molecule has 0 saturated carbocycles. The molecule has 2 aromatic heterocycles. The van der Waals surface area contributed by atoms with Crippen LogP contribution in [0.1, 0.15) is 0 Å². The van der Waals surface area contributed by atoms with Crippen LogP contribution < -0.4 is 4.90 Å². The lowest BCUT2D eigenvalue weighted by molar-refractivity contribution is 1.18. The van der Waals surface area contributed by atoms with Crippen molar-refractivity contribution in [2.24, 2.45) is 0 Å². The van der Waals surface area contributed by atoms with Gasteiger partial charge in [-0.15, -0.1) is 0 Å². The van der Waals surface area contributed by atoms with Gasteiger partial charge in [0.05, 0.1) is 22.9 Å². The van der Waals surface area contributed by atoms with Gasteiger partial charge in [-0.2, -0.15) is 0 Å². The van der Waals surface area contributed by atoms with Gasteiger partial charge in [0.15, 0.2) is 0 Å². The van der Waals surface area contributed by atoms with Gasteiger partial charge in [-0.05, 0) is 122 Å². The molecule has 0 spiro atoms. The van der Waals surface area contributed by atoms with Crippen LogP contribution in [0.5, 0.6) is 0 Å². The second kappa shape index (κ2) is 12.2. The Hall–Kier alpha value is -7.23. The fraction of sp³-hybridized carbons (Fsp3) is 0. The van der Waals surface area contributed by atoms with E-state index in [0.717, 1.165) is 28.3 Å². The van der Waals surface area contributed by atoms with Crippen molar-refractivity contribution in [2.45, 2.75) is 0 Å². The highest BCUT2D eigenvalue weighted by Crippen LogP contribution is 2.49. The van der Waals surface area contributed by atoms with E-state index >= 15 is 0 Å². The Balaban J connectivity index is 1.03. The molecule has 0 aliphatic heterocycles. The van der Waals surface area contributed by atoms with Crippen LogP contribution in [0.2, 0.25) is 0 Å². The van der Waals surface area contributed by atoms with Gasteiger partial charge in [-0.25, -0.2) is 0 Å². The molecule has 252 valence electrons. The molecule has 0 bridgehead atoms. The average molecular weight is 688 g/mol. The summed E-state index contributed by atoms with van der Waals surface area (Å²) in [6.45, 7) is 0. The SMILES string of the molecule is c1ccc(-n2c3ccccc3c3cc(-c4cccc(N(c5cccnc5)c5cccc(-c6ccc7c8c(cccc68)-c6ccccc6-7)c5)c4)ccc32)cc1. The molecule has 1 aliphatic carbocycles. The summed E-state index contributed by atoms with van der Waals surface area (Å²) in [6.07, 6.45) is 3.78. The Bertz CT molecular complexity index is 3020. The van der Waals surface area contributed by atoms with Gasteiger partial charge in [-0.3, -0.25) is 4.98 Å². The van der Waals surface area contributed by atoms with Crippen molar-refractivity contribution in [2.75, 3.05) is 4.90 Å². The molecule has 11 rings (SSSR count). The first-order valence-electron chi connectivity index (χ1n) is 18.5. The normalized spacial score (nSPS) is 11.7. The van der Waals surface area contributed by atoms with Crippen LogP contribution in [0.15, 0.2) is 200 Å². The van der Waals surface area contributed by atoms with Crippen LogP contribution in [0.3, 0.4) is 0 Å². The third kappa shape index (κ3) is 4.72. The predicted octanol–water partition coefficient (Wildman–Crippen LogP) is 13.8. The standard InChI is InChI=1S/C51H33N3/c1-2-14-37(15-3-1)54-49-24-7-6-21-44(49)48-32-35(25-28-50(48)54)34-12-8-16-38(30-34)53(40-18-11-29-52-33-40)39-17-9-13-36(31-39)41-26-27-47-43-20-5-4-19-42(43)46-23-10-22-45(41)51(46)47/h1-33H. The zero-order valence-corrected chi connectivity index (χ0v) is 29.4. The van der Waals surface area contributed by atoms with Gasteiger partial charge in [-0.1, -0.05) is 121 Å². The highest BCUT2D eigenvalue weighted by atomic mass is 15.1. The largest absolute Gasteiger partial charge is 0.309 e. The average Bonchev–Trinajstić information content (AvgIpc) is 3.75. The summed E-state index contributed by atoms with van der Waals surface area (Å²) in [4.78, 5) is 6.87. The minimum atomic E-state index is 1.00. The molecule has 10 aromatic rings. The number of hydrogen-bond donors (Lipinski definition) is 0. The Labute approximate surface area is 313 Å². The number of nitrogens with zero attached hydrogens (tertiary/aromatic N) is 3. The van der Waals surface area contributed by atoms with Crippen molar-refractivity contribution in [3.63, 3.8) is 0 Å². The molecule has 2 heterocycles. The number of fused-ring (bicyclic) bond motifs is 6. The van der Waals surface area contributed by atoms with E-state index < -0.39 is 0 Å². The molecule has 1 aliphatic rings. The summed E-state index contributed by atoms with van der Waals surface area (Å²) in [5, 5.41) is 5.09. The molecular formula is C51H33N3. The van der Waals surface area contributed by atoms with Gasteiger partial charge >= 0.3 is 0 Å². The first-order chi connectivity index (χ1) is 26.8. The van der Waals surface area contributed by atoms with Crippen LogP contribution in [-0.4, -0.2) is 9.55 Å². The number of anilines is 3. The smallest absolute Gasteiger partial charge is 0.0644 e. The maximum absolute atomic E-state index is 4.55. The molecule has 3 heteroatoms.